The summed E-state index contributed by atoms with van der Waals surface area (Å²) in [6.45, 7) is 2.10. The highest BCUT2D eigenvalue weighted by molar-refractivity contribution is 9.11. The molecule has 2 nitrogen and oxygen atoms in total. The van der Waals surface area contributed by atoms with E-state index < -0.39 is 0 Å². The van der Waals surface area contributed by atoms with Gasteiger partial charge >= 0.3 is 0 Å². The lowest BCUT2D eigenvalue weighted by Gasteiger charge is -2.10. The number of rotatable bonds is 3. The van der Waals surface area contributed by atoms with Crippen LogP contribution in [0.1, 0.15) is 11.1 Å². The maximum atomic E-state index is 3.70. The van der Waals surface area contributed by atoms with E-state index in [9.17, 15) is 0 Å². The van der Waals surface area contributed by atoms with Crippen LogP contribution in [0.3, 0.4) is 0 Å². The molecule has 114 valence electrons. The first-order chi connectivity index (χ1) is 10.7. The first-order valence-corrected chi connectivity index (χ1v) is 10.9. The lowest BCUT2D eigenvalue weighted by atomic mass is 10.2. The molecule has 0 amide bonds. The van der Waals surface area contributed by atoms with E-state index in [1.54, 1.807) is 0 Å². The molecule has 2 N–H and O–H groups in total. The number of fused-ring (bicyclic) bond motifs is 2. The van der Waals surface area contributed by atoms with Gasteiger partial charge in [0, 0.05) is 43.2 Å². The van der Waals surface area contributed by atoms with Crippen LogP contribution in [0.4, 0.5) is 11.4 Å². The van der Waals surface area contributed by atoms with Crippen molar-refractivity contribution in [1.82, 2.24) is 0 Å². The summed E-state index contributed by atoms with van der Waals surface area (Å²) < 4.78 is 2.33. The van der Waals surface area contributed by atoms with Crippen molar-refractivity contribution in [2.75, 3.05) is 23.7 Å². The van der Waals surface area contributed by atoms with Crippen molar-refractivity contribution in [2.45, 2.75) is 22.6 Å². The Morgan fingerprint density at radius 1 is 0.727 bits per heavy atom. The van der Waals surface area contributed by atoms with Crippen LogP contribution >= 0.6 is 53.4 Å². The minimum Gasteiger partial charge on any atom is -0.384 e. The van der Waals surface area contributed by atoms with Crippen LogP contribution in [0.5, 0.6) is 0 Å². The number of halogens is 2. The molecule has 6 heteroatoms. The molecule has 0 aromatic heterocycles. The number of hydrogen-bond acceptors (Lipinski definition) is 4. The molecule has 0 fully saturated rings. The molecule has 22 heavy (non-hydrogen) atoms. The lowest BCUT2D eigenvalue weighted by molar-refractivity contribution is 1.10. The fourth-order valence-electron chi connectivity index (χ4n) is 2.81. The zero-order valence-corrected chi connectivity index (χ0v) is 16.5. The maximum Gasteiger partial charge on any atom is 0.0385 e. The molecule has 2 heterocycles. The molecule has 0 unspecified atom stereocenters. The van der Waals surface area contributed by atoms with Gasteiger partial charge in [-0.15, -0.1) is 0 Å². The number of benzene rings is 2. The van der Waals surface area contributed by atoms with Gasteiger partial charge < -0.3 is 10.6 Å². The summed E-state index contributed by atoms with van der Waals surface area (Å²) in [5.74, 6) is 0. The van der Waals surface area contributed by atoms with Crippen molar-refractivity contribution in [2.24, 2.45) is 0 Å². The van der Waals surface area contributed by atoms with E-state index in [2.05, 4.69) is 66.8 Å². The molecule has 0 saturated heterocycles. The normalized spacial score (nSPS) is 15.2. The molecule has 0 spiro atoms. The summed E-state index contributed by atoms with van der Waals surface area (Å²) in [4.78, 5) is 2.58. The Morgan fingerprint density at radius 2 is 1.18 bits per heavy atom. The number of nitrogens with one attached hydrogen (secondary N) is 2. The van der Waals surface area contributed by atoms with Crippen LogP contribution in [-0.4, -0.2) is 13.1 Å². The molecule has 0 bridgehead atoms. The monoisotopic (exact) mass is 456 g/mol. The molecule has 4 rings (SSSR count). The molecular formula is C16H14Br2N2S2. The van der Waals surface area contributed by atoms with Crippen LogP contribution in [0.15, 0.2) is 43.0 Å². The van der Waals surface area contributed by atoms with E-state index in [0.717, 1.165) is 34.9 Å². The zero-order chi connectivity index (χ0) is 15.1. The first-order valence-electron chi connectivity index (χ1n) is 7.18. The number of hydrogen-bond donors (Lipinski definition) is 2. The van der Waals surface area contributed by atoms with Gasteiger partial charge in [0.15, 0.2) is 0 Å². The third-order valence-electron chi connectivity index (χ3n) is 3.96. The Labute approximate surface area is 154 Å². The Hall–Kier alpha value is -0.300. The van der Waals surface area contributed by atoms with Crippen molar-refractivity contribution in [1.29, 1.82) is 0 Å². The number of anilines is 2. The van der Waals surface area contributed by atoms with Gasteiger partial charge in [-0.25, -0.2) is 0 Å². The Morgan fingerprint density at radius 3 is 1.64 bits per heavy atom. The fourth-order valence-corrected chi connectivity index (χ4v) is 6.83. The van der Waals surface area contributed by atoms with Gasteiger partial charge in [0.05, 0.1) is 0 Å². The predicted octanol–water partition coefficient (Wildman–Crippen LogP) is 5.95. The molecule has 2 aromatic rings. The SMILES string of the molecule is Brc1cc2c(cc1SSc1cc3c(cc1Br)NCC3)CCN2. The van der Waals surface area contributed by atoms with Crippen LogP contribution in [-0.2, 0) is 12.8 Å². The molecular weight excluding hydrogens is 444 g/mol. The molecule has 0 aliphatic carbocycles. The van der Waals surface area contributed by atoms with E-state index >= 15 is 0 Å². The van der Waals surface area contributed by atoms with E-state index in [1.807, 2.05) is 21.6 Å². The summed E-state index contributed by atoms with van der Waals surface area (Å²) in [6, 6.07) is 9.01. The summed E-state index contributed by atoms with van der Waals surface area (Å²) in [5.41, 5.74) is 5.38. The van der Waals surface area contributed by atoms with Gasteiger partial charge in [0.25, 0.3) is 0 Å². The molecule has 2 aromatic carbocycles. The summed E-state index contributed by atoms with van der Waals surface area (Å²) in [5, 5.41) is 6.84. The Kier molecular flexibility index (Phi) is 4.37. The van der Waals surface area contributed by atoms with E-state index in [-0.39, 0.29) is 0 Å². The second kappa shape index (κ2) is 6.30. The minimum absolute atomic E-state index is 1.05. The smallest absolute Gasteiger partial charge is 0.0385 e. The average Bonchev–Trinajstić information content (AvgIpc) is 3.12. The summed E-state index contributed by atoms with van der Waals surface area (Å²) in [7, 11) is 3.63. The predicted molar refractivity (Wildman–Crippen MR) is 104 cm³/mol. The van der Waals surface area contributed by atoms with Gasteiger partial charge in [-0.3, -0.25) is 0 Å². The highest BCUT2D eigenvalue weighted by Crippen LogP contribution is 2.46. The second-order valence-electron chi connectivity index (χ2n) is 5.40. The lowest BCUT2D eigenvalue weighted by Crippen LogP contribution is -1.90. The van der Waals surface area contributed by atoms with Gasteiger partial charge in [-0.1, -0.05) is 21.6 Å². The van der Waals surface area contributed by atoms with E-state index in [4.69, 9.17) is 0 Å². The van der Waals surface area contributed by atoms with Gasteiger partial charge in [-0.05, 0) is 80.1 Å². The van der Waals surface area contributed by atoms with Gasteiger partial charge in [0.2, 0.25) is 0 Å². The summed E-state index contributed by atoms with van der Waals surface area (Å²) in [6.07, 6.45) is 2.24. The summed E-state index contributed by atoms with van der Waals surface area (Å²) >= 11 is 7.39. The van der Waals surface area contributed by atoms with E-state index in [1.165, 1.54) is 32.3 Å². The largest absolute Gasteiger partial charge is 0.384 e. The Bertz CT molecular complexity index is 686. The van der Waals surface area contributed by atoms with Gasteiger partial charge in [0.1, 0.15) is 0 Å². The van der Waals surface area contributed by atoms with Gasteiger partial charge in [-0.2, -0.15) is 0 Å². The molecule has 0 saturated carbocycles. The third-order valence-corrected chi connectivity index (χ3v) is 8.24. The molecule has 2 aliphatic rings. The topological polar surface area (TPSA) is 24.1 Å². The molecule has 0 radical (unpaired) electrons. The standard InChI is InChI=1S/C16H14Br2N2S2/c17-11-7-13-9(1-3-19-13)5-15(11)21-22-16-6-10-2-4-20-14(10)8-12(16)18/h5-8,19-20H,1-4H2. The van der Waals surface area contributed by atoms with Crippen molar-refractivity contribution in [3.8, 4) is 0 Å². The van der Waals surface area contributed by atoms with Crippen LogP contribution < -0.4 is 10.6 Å². The quantitative estimate of drug-likeness (QED) is 0.556. The highest BCUT2D eigenvalue weighted by Gasteiger charge is 2.16. The van der Waals surface area contributed by atoms with E-state index in [0.29, 0.717) is 0 Å². The van der Waals surface area contributed by atoms with Crippen LogP contribution in [0.25, 0.3) is 0 Å². The second-order valence-corrected chi connectivity index (χ2v) is 9.32. The third kappa shape index (κ3) is 2.90. The maximum absolute atomic E-state index is 3.70. The zero-order valence-electron chi connectivity index (χ0n) is 11.7. The highest BCUT2D eigenvalue weighted by atomic mass is 79.9. The van der Waals surface area contributed by atoms with Crippen LogP contribution in [0, 0.1) is 0 Å². The molecule has 0 atom stereocenters. The fraction of sp³-hybridized carbons (Fsp3) is 0.250. The minimum atomic E-state index is 1.05. The van der Waals surface area contributed by atoms with Crippen molar-refractivity contribution in [3.63, 3.8) is 0 Å². The van der Waals surface area contributed by atoms with Crippen molar-refractivity contribution in [3.05, 3.63) is 44.3 Å². The van der Waals surface area contributed by atoms with Crippen LogP contribution in [0.2, 0.25) is 0 Å². The average molecular weight is 458 g/mol. The van der Waals surface area contributed by atoms with Crippen molar-refractivity contribution < 1.29 is 0 Å². The first kappa shape index (κ1) is 15.2. The molecule has 2 aliphatic heterocycles. The Balaban J connectivity index is 1.56. The van der Waals surface area contributed by atoms with Crippen molar-refractivity contribution >= 4 is 64.8 Å².